The molecule has 0 amide bonds. The molecule has 0 bridgehead atoms. The van der Waals surface area contributed by atoms with Gasteiger partial charge in [0.2, 0.25) is 0 Å². The van der Waals surface area contributed by atoms with Gasteiger partial charge in [-0.1, -0.05) is 33.3 Å². The highest BCUT2D eigenvalue weighted by Gasteiger charge is 2.32. The number of carbonyl (C=O) groups is 1. The van der Waals surface area contributed by atoms with Crippen LogP contribution in [0.4, 0.5) is 0 Å². The quantitative estimate of drug-likeness (QED) is 0.618. The first-order valence-corrected chi connectivity index (χ1v) is 7.85. The lowest BCUT2D eigenvalue weighted by atomic mass is 9.75. The van der Waals surface area contributed by atoms with Crippen molar-refractivity contribution in [1.82, 2.24) is 4.98 Å². The first-order valence-electron chi connectivity index (χ1n) is 7.85. The van der Waals surface area contributed by atoms with Crippen LogP contribution in [0.5, 0.6) is 0 Å². The second-order valence-electron chi connectivity index (χ2n) is 6.42. The van der Waals surface area contributed by atoms with Crippen LogP contribution in [0.15, 0.2) is 30.6 Å². The van der Waals surface area contributed by atoms with Gasteiger partial charge >= 0.3 is 5.97 Å². The van der Waals surface area contributed by atoms with E-state index in [0.717, 1.165) is 18.4 Å². The molecule has 2 rings (SSSR count). The van der Waals surface area contributed by atoms with Crippen molar-refractivity contribution in [3.63, 3.8) is 0 Å². The smallest absolute Gasteiger partial charge is 0.331 e. The Kier molecular flexibility index (Phi) is 5.54. The maximum absolute atomic E-state index is 12.0. The van der Waals surface area contributed by atoms with Crippen molar-refractivity contribution in [3.05, 3.63) is 36.2 Å². The molecule has 0 saturated heterocycles. The van der Waals surface area contributed by atoms with Crippen LogP contribution in [0.2, 0.25) is 0 Å². The second kappa shape index (κ2) is 7.39. The molecule has 3 heteroatoms. The van der Waals surface area contributed by atoms with E-state index in [1.54, 1.807) is 18.5 Å². The minimum Gasteiger partial charge on any atom is -0.459 e. The average Bonchev–Trinajstić information content (AvgIpc) is 2.46. The van der Waals surface area contributed by atoms with Gasteiger partial charge in [0, 0.05) is 18.5 Å². The van der Waals surface area contributed by atoms with Gasteiger partial charge in [0.1, 0.15) is 6.10 Å². The molecule has 1 heterocycles. The number of carbonyl (C=O) groups excluding carboxylic acids is 1. The highest BCUT2D eigenvalue weighted by atomic mass is 16.5. The fourth-order valence-electron chi connectivity index (χ4n) is 3.08. The van der Waals surface area contributed by atoms with Crippen molar-refractivity contribution in [2.45, 2.75) is 46.1 Å². The molecule has 114 valence electrons. The van der Waals surface area contributed by atoms with E-state index in [2.05, 4.69) is 25.8 Å². The highest BCUT2D eigenvalue weighted by Crippen LogP contribution is 2.35. The van der Waals surface area contributed by atoms with Gasteiger partial charge in [-0.15, -0.1) is 0 Å². The zero-order valence-electron chi connectivity index (χ0n) is 13.2. The zero-order chi connectivity index (χ0) is 15.2. The molecule has 1 aromatic rings. The summed E-state index contributed by atoms with van der Waals surface area (Å²) in [6.07, 6.45) is 10.1. The summed E-state index contributed by atoms with van der Waals surface area (Å²) in [4.78, 5) is 16.1. The molecule has 1 aromatic heterocycles. The number of pyridine rings is 1. The van der Waals surface area contributed by atoms with E-state index in [0.29, 0.717) is 17.8 Å². The van der Waals surface area contributed by atoms with Crippen LogP contribution in [-0.4, -0.2) is 17.1 Å². The minimum absolute atomic E-state index is 0.0554. The summed E-state index contributed by atoms with van der Waals surface area (Å²) in [5.74, 6) is 1.43. The summed E-state index contributed by atoms with van der Waals surface area (Å²) in [6.45, 7) is 6.67. The molecule has 0 aliphatic heterocycles. The van der Waals surface area contributed by atoms with E-state index in [4.69, 9.17) is 4.74 Å². The lowest BCUT2D eigenvalue weighted by molar-refractivity contribution is -0.149. The van der Waals surface area contributed by atoms with Gasteiger partial charge in [0.25, 0.3) is 0 Å². The molecule has 1 unspecified atom stereocenters. The largest absolute Gasteiger partial charge is 0.459 e. The fraction of sp³-hybridized carbons (Fsp3) is 0.556. The maximum Gasteiger partial charge on any atom is 0.331 e. The molecule has 3 atom stereocenters. The topological polar surface area (TPSA) is 39.2 Å². The Labute approximate surface area is 127 Å². The standard InChI is InChI=1S/C18H25NO2/c1-13(2)16-8-6-14(3)11-17(16)21-18(20)9-7-15-5-4-10-19-12-15/h4-5,7,9-10,12-14,16-17H,6,8,11H2,1-3H3/b9-7+/t14-,16+,17?/m1/s1. The van der Waals surface area contributed by atoms with Crippen molar-refractivity contribution in [3.8, 4) is 0 Å². The molecule has 0 aromatic carbocycles. The molecular formula is C18H25NO2. The van der Waals surface area contributed by atoms with Crippen LogP contribution in [-0.2, 0) is 9.53 Å². The van der Waals surface area contributed by atoms with E-state index in [1.807, 2.05) is 12.1 Å². The van der Waals surface area contributed by atoms with Gasteiger partial charge in [0.15, 0.2) is 0 Å². The summed E-state index contributed by atoms with van der Waals surface area (Å²) in [6, 6.07) is 3.76. The third kappa shape index (κ3) is 4.69. The monoisotopic (exact) mass is 287 g/mol. The van der Waals surface area contributed by atoms with E-state index >= 15 is 0 Å². The Balaban J connectivity index is 1.95. The van der Waals surface area contributed by atoms with Crippen molar-refractivity contribution in [2.24, 2.45) is 17.8 Å². The molecule has 3 nitrogen and oxygen atoms in total. The predicted octanol–water partition coefficient (Wildman–Crippen LogP) is 4.10. The lowest BCUT2D eigenvalue weighted by Crippen LogP contribution is -2.35. The molecule has 1 saturated carbocycles. The molecule has 1 fully saturated rings. The van der Waals surface area contributed by atoms with Crippen LogP contribution < -0.4 is 0 Å². The van der Waals surface area contributed by atoms with Gasteiger partial charge in [-0.3, -0.25) is 4.98 Å². The minimum atomic E-state index is -0.247. The van der Waals surface area contributed by atoms with Gasteiger partial charge in [-0.25, -0.2) is 4.79 Å². The van der Waals surface area contributed by atoms with Crippen LogP contribution in [0, 0.1) is 17.8 Å². The molecule has 0 N–H and O–H groups in total. The first-order chi connectivity index (χ1) is 10.1. The predicted molar refractivity (Wildman–Crippen MR) is 84.5 cm³/mol. The average molecular weight is 287 g/mol. The summed E-state index contributed by atoms with van der Waals surface area (Å²) < 4.78 is 5.71. The number of aromatic nitrogens is 1. The third-order valence-electron chi connectivity index (χ3n) is 4.33. The summed E-state index contributed by atoms with van der Waals surface area (Å²) in [5, 5.41) is 0. The number of hydrogen-bond donors (Lipinski definition) is 0. The van der Waals surface area contributed by atoms with Crippen molar-refractivity contribution >= 4 is 12.0 Å². The van der Waals surface area contributed by atoms with Gasteiger partial charge < -0.3 is 4.74 Å². The number of esters is 1. The number of nitrogens with zero attached hydrogens (tertiary/aromatic N) is 1. The Bertz CT molecular complexity index is 481. The van der Waals surface area contributed by atoms with Crippen molar-refractivity contribution in [2.75, 3.05) is 0 Å². The van der Waals surface area contributed by atoms with E-state index < -0.39 is 0 Å². The Morgan fingerprint density at radius 3 is 2.90 bits per heavy atom. The fourth-order valence-corrected chi connectivity index (χ4v) is 3.08. The number of rotatable bonds is 4. The van der Waals surface area contributed by atoms with Gasteiger partial charge in [-0.05, 0) is 48.3 Å². The summed E-state index contributed by atoms with van der Waals surface area (Å²) in [5.41, 5.74) is 0.909. The molecule has 1 aliphatic rings. The molecule has 1 aliphatic carbocycles. The first kappa shape index (κ1) is 15.7. The maximum atomic E-state index is 12.0. The second-order valence-corrected chi connectivity index (χ2v) is 6.42. The van der Waals surface area contributed by atoms with E-state index in [9.17, 15) is 4.79 Å². The van der Waals surface area contributed by atoms with Crippen LogP contribution in [0.25, 0.3) is 6.08 Å². The Hall–Kier alpha value is -1.64. The van der Waals surface area contributed by atoms with Crippen LogP contribution in [0.3, 0.4) is 0 Å². The van der Waals surface area contributed by atoms with Crippen molar-refractivity contribution in [1.29, 1.82) is 0 Å². The van der Waals surface area contributed by atoms with Crippen molar-refractivity contribution < 1.29 is 9.53 Å². The summed E-state index contributed by atoms with van der Waals surface area (Å²) in [7, 11) is 0. The van der Waals surface area contributed by atoms with Gasteiger partial charge in [-0.2, -0.15) is 0 Å². The third-order valence-corrected chi connectivity index (χ3v) is 4.33. The van der Waals surface area contributed by atoms with Crippen LogP contribution in [0.1, 0.15) is 45.6 Å². The molecule has 21 heavy (non-hydrogen) atoms. The number of hydrogen-bond acceptors (Lipinski definition) is 3. The normalized spacial score (nSPS) is 26.2. The SMILES string of the molecule is CC(C)[C@@H]1CC[C@@H](C)CC1OC(=O)/C=C/c1cccnc1. The lowest BCUT2D eigenvalue weighted by Gasteiger charge is -2.36. The van der Waals surface area contributed by atoms with Crippen LogP contribution >= 0.6 is 0 Å². The summed E-state index contributed by atoms with van der Waals surface area (Å²) >= 11 is 0. The Morgan fingerprint density at radius 1 is 1.43 bits per heavy atom. The number of ether oxygens (including phenoxy) is 1. The van der Waals surface area contributed by atoms with E-state index in [1.165, 1.54) is 12.5 Å². The van der Waals surface area contributed by atoms with E-state index in [-0.39, 0.29) is 12.1 Å². The Morgan fingerprint density at radius 2 is 2.24 bits per heavy atom. The molecular weight excluding hydrogens is 262 g/mol. The van der Waals surface area contributed by atoms with Gasteiger partial charge in [0.05, 0.1) is 0 Å². The zero-order valence-corrected chi connectivity index (χ0v) is 13.2. The highest BCUT2D eigenvalue weighted by molar-refractivity contribution is 5.87. The molecule has 0 radical (unpaired) electrons. The molecule has 0 spiro atoms.